The maximum atomic E-state index is 11.9. The molecular formula is C13H19N3O3S. The van der Waals surface area contributed by atoms with Crippen molar-refractivity contribution < 1.29 is 13.2 Å². The number of benzene rings is 1. The van der Waals surface area contributed by atoms with Gasteiger partial charge in [0.1, 0.15) is 0 Å². The van der Waals surface area contributed by atoms with Crippen molar-refractivity contribution in [2.24, 2.45) is 5.14 Å². The molecule has 0 fully saturated rings. The van der Waals surface area contributed by atoms with Crippen LogP contribution in [0, 0.1) is 0 Å². The third-order valence-electron chi connectivity index (χ3n) is 3.49. The molecule has 0 saturated heterocycles. The van der Waals surface area contributed by atoms with E-state index in [1.54, 1.807) is 19.0 Å². The summed E-state index contributed by atoms with van der Waals surface area (Å²) in [5, 5.41) is 4.60. The molecule has 1 aromatic carbocycles. The number of primary sulfonamides is 1. The average Bonchev–Trinajstić information content (AvgIpc) is 2.37. The highest BCUT2D eigenvalue weighted by atomic mass is 32.2. The zero-order valence-corrected chi connectivity index (χ0v) is 12.4. The fourth-order valence-corrected chi connectivity index (χ4v) is 3.12. The molecule has 1 aromatic rings. The Morgan fingerprint density at radius 3 is 2.65 bits per heavy atom. The number of nitrogens with two attached hydrogens (primary N) is 1. The Morgan fingerprint density at radius 2 is 2.05 bits per heavy atom. The van der Waals surface area contributed by atoms with Crippen molar-refractivity contribution in [1.82, 2.24) is 4.90 Å². The third-order valence-corrected chi connectivity index (χ3v) is 4.74. The largest absolute Gasteiger partial charge is 0.361 e. The van der Waals surface area contributed by atoms with E-state index in [1.165, 1.54) is 4.90 Å². The van der Waals surface area contributed by atoms with E-state index in [9.17, 15) is 13.2 Å². The molecule has 0 unspecified atom stereocenters. The molecule has 0 bridgehead atoms. The number of anilines is 1. The SMILES string of the molecule is CN(C)C(=O)CN1C[C@H](S(N)(=O)=O)Cc2ccccc21. The van der Waals surface area contributed by atoms with Crippen LogP contribution in [0.4, 0.5) is 5.69 Å². The van der Waals surface area contributed by atoms with Crippen LogP contribution in [0.25, 0.3) is 0 Å². The van der Waals surface area contributed by atoms with Crippen molar-refractivity contribution in [2.75, 3.05) is 32.1 Å². The molecule has 110 valence electrons. The minimum Gasteiger partial charge on any atom is -0.361 e. The van der Waals surface area contributed by atoms with Gasteiger partial charge in [0.05, 0.1) is 11.8 Å². The fourth-order valence-electron chi connectivity index (χ4n) is 2.32. The molecular weight excluding hydrogens is 278 g/mol. The monoisotopic (exact) mass is 297 g/mol. The Kier molecular flexibility index (Phi) is 4.01. The number of hydrogen-bond donors (Lipinski definition) is 1. The number of fused-ring (bicyclic) bond motifs is 1. The maximum absolute atomic E-state index is 11.9. The lowest BCUT2D eigenvalue weighted by molar-refractivity contribution is -0.127. The summed E-state index contributed by atoms with van der Waals surface area (Å²) in [6.07, 6.45) is 0.391. The predicted octanol–water partition coefficient (Wildman–Crippen LogP) is -0.206. The van der Waals surface area contributed by atoms with Gasteiger partial charge in [-0.1, -0.05) is 18.2 Å². The van der Waals surface area contributed by atoms with Gasteiger partial charge in [-0.2, -0.15) is 0 Å². The zero-order valence-electron chi connectivity index (χ0n) is 11.6. The van der Waals surface area contributed by atoms with Gasteiger partial charge in [0.15, 0.2) is 0 Å². The first-order valence-corrected chi connectivity index (χ1v) is 7.94. The van der Waals surface area contributed by atoms with E-state index < -0.39 is 15.3 Å². The number of nitrogens with zero attached hydrogens (tertiary/aromatic N) is 2. The molecule has 1 aliphatic heterocycles. The van der Waals surface area contributed by atoms with Gasteiger partial charge in [0, 0.05) is 26.3 Å². The third kappa shape index (κ3) is 3.10. The molecule has 0 radical (unpaired) electrons. The van der Waals surface area contributed by atoms with Gasteiger partial charge in [-0.3, -0.25) is 4.79 Å². The summed E-state index contributed by atoms with van der Waals surface area (Å²) in [4.78, 5) is 15.2. The van der Waals surface area contributed by atoms with Crippen LogP contribution >= 0.6 is 0 Å². The quantitative estimate of drug-likeness (QED) is 0.837. The molecule has 0 aromatic heterocycles. The lowest BCUT2D eigenvalue weighted by Crippen LogP contribution is -2.48. The van der Waals surface area contributed by atoms with Gasteiger partial charge >= 0.3 is 0 Å². The van der Waals surface area contributed by atoms with Crippen molar-refractivity contribution >= 4 is 21.6 Å². The van der Waals surface area contributed by atoms with E-state index in [2.05, 4.69) is 0 Å². The van der Waals surface area contributed by atoms with Crippen LogP contribution in [0.2, 0.25) is 0 Å². The Hall–Kier alpha value is -1.60. The van der Waals surface area contributed by atoms with Gasteiger partial charge < -0.3 is 9.80 Å². The number of para-hydroxylation sites is 1. The standard InChI is InChI=1S/C13H19N3O3S/c1-15(2)13(17)9-16-8-11(20(14,18)19)7-10-5-3-4-6-12(10)16/h3-6,11H,7-9H2,1-2H3,(H2,14,18,19)/t11-/m1/s1. The predicted molar refractivity (Wildman–Crippen MR) is 77.9 cm³/mol. The first kappa shape index (κ1) is 14.8. The number of carbonyl (C=O) groups is 1. The van der Waals surface area contributed by atoms with E-state index in [1.807, 2.05) is 24.3 Å². The van der Waals surface area contributed by atoms with Gasteiger partial charge in [0.25, 0.3) is 0 Å². The lowest BCUT2D eigenvalue weighted by atomic mass is 10.0. The van der Waals surface area contributed by atoms with Crippen LogP contribution in [-0.4, -0.2) is 51.7 Å². The highest BCUT2D eigenvalue weighted by Crippen LogP contribution is 2.28. The average molecular weight is 297 g/mol. The van der Waals surface area contributed by atoms with E-state index in [4.69, 9.17) is 5.14 Å². The van der Waals surface area contributed by atoms with E-state index >= 15 is 0 Å². The van der Waals surface area contributed by atoms with Crippen molar-refractivity contribution in [3.8, 4) is 0 Å². The smallest absolute Gasteiger partial charge is 0.241 e. The van der Waals surface area contributed by atoms with Gasteiger partial charge in [-0.05, 0) is 18.1 Å². The maximum Gasteiger partial charge on any atom is 0.241 e. The van der Waals surface area contributed by atoms with Crippen molar-refractivity contribution in [1.29, 1.82) is 0 Å². The molecule has 2 rings (SSSR count). The second-order valence-electron chi connectivity index (χ2n) is 5.21. The van der Waals surface area contributed by atoms with Crippen LogP contribution in [0.1, 0.15) is 5.56 Å². The minimum absolute atomic E-state index is 0.0742. The summed E-state index contributed by atoms with van der Waals surface area (Å²) in [5.74, 6) is -0.0742. The zero-order chi connectivity index (χ0) is 14.9. The summed E-state index contributed by atoms with van der Waals surface area (Å²) in [6, 6.07) is 7.51. The second kappa shape index (κ2) is 5.41. The Morgan fingerprint density at radius 1 is 1.40 bits per heavy atom. The van der Waals surface area contributed by atoms with Gasteiger partial charge in [-0.15, -0.1) is 0 Å². The molecule has 0 saturated carbocycles. The molecule has 6 nitrogen and oxygen atoms in total. The molecule has 2 N–H and O–H groups in total. The summed E-state index contributed by atoms with van der Waals surface area (Å²) in [5.41, 5.74) is 1.81. The number of sulfonamides is 1. The number of rotatable bonds is 3. The molecule has 0 aliphatic carbocycles. The Labute approximate surface area is 119 Å². The van der Waals surface area contributed by atoms with E-state index in [0.29, 0.717) is 6.42 Å². The van der Waals surface area contributed by atoms with Crippen molar-refractivity contribution in [3.05, 3.63) is 29.8 Å². The van der Waals surface area contributed by atoms with E-state index in [-0.39, 0.29) is 19.0 Å². The van der Waals surface area contributed by atoms with Crippen molar-refractivity contribution in [3.63, 3.8) is 0 Å². The first-order chi connectivity index (χ1) is 9.29. The topological polar surface area (TPSA) is 83.7 Å². The molecule has 0 spiro atoms. The normalized spacial score (nSPS) is 18.6. The molecule has 1 aliphatic rings. The van der Waals surface area contributed by atoms with Crippen LogP contribution in [0.5, 0.6) is 0 Å². The number of carbonyl (C=O) groups excluding carboxylic acids is 1. The summed E-state index contributed by atoms with van der Waals surface area (Å²) >= 11 is 0. The number of likely N-dealkylation sites (N-methyl/N-ethyl adjacent to an activating group) is 1. The molecule has 1 atom stereocenters. The highest BCUT2D eigenvalue weighted by Gasteiger charge is 2.32. The Balaban J connectivity index is 2.32. The summed E-state index contributed by atoms with van der Waals surface area (Å²) in [7, 11) is -0.272. The van der Waals surface area contributed by atoms with Crippen LogP contribution in [0.3, 0.4) is 0 Å². The molecule has 1 amide bonds. The molecule has 1 heterocycles. The summed E-state index contributed by atoms with van der Waals surface area (Å²) < 4.78 is 23.2. The number of amides is 1. The van der Waals surface area contributed by atoms with Gasteiger partial charge in [-0.25, -0.2) is 13.6 Å². The second-order valence-corrected chi connectivity index (χ2v) is 7.06. The molecule has 7 heteroatoms. The van der Waals surface area contributed by atoms with E-state index in [0.717, 1.165) is 11.3 Å². The fraction of sp³-hybridized carbons (Fsp3) is 0.462. The van der Waals surface area contributed by atoms with Gasteiger partial charge in [0.2, 0.25) is 15.9 Å². The van der Waals surface area contributed by atoms with Crippen LogP contribution in [0.15, 0.2) is 24.3 Å². The Bertz CT molecular complexity index is 613. The number of hydrogen-bond acceptors (Lipinski definition) is 4. The highest BCUT2D eigenvalue weighted by molar-refractivity contribution is 7.89. The first-order valence-electron chi connectivity index (χ1n) is 6.33. The minimum atomic E-state index is -3.62. The summed E-state index contributed by atoms with van der Waals surface area (Å²) in [6.45, 7) is 0.394. The molecule has 20 heavy (non-hydrogen) atoms. The van der Waals surface area contributed by atoms with Crippen LogP contribution in [-0.2, 0) is 21.2 Å². The lowest BCUT2D eigenvalue weighted by Gasteiger charge is -2.35. The van der Waals surface area contributed by atoms with Crippen molar-refractivity contribution in [2.45, 2.75) is 11.7 Å². The van der Waals surface area contributed by atoms with Crippen LogP contribution < -0.4 is 10.0 Å².